The zero-order valence-corrected chi connectivity index (χ0v) is 18.0. The number of carbonyl (C=O) groups excluding carboxylic acids is 1. The van der Waals surface area contributed by atoms with Crippen molar-refractivity contribution in [2.75, 3.05) is 25.5 Å². The predicted octanol–water partition coefficient (Wildman–Crippen LogP) is 1.86. The molecular formula is C17H22BrN5O4S. The number of halogens is 1. The van der Waals surface area contributed by atoms with Crippen molar-refractivity contribution in [1.82, 2.24) is 19.3 Å². The molecule has 9 nitrogen and oxygen atoms in total. The highest BCUT2D eigenvalue weighted by atomic mass is 79.9. The molecule has 0 radical (unpaired) electrons. The van der Waals surface area contributed by atoms with Crippen LogP contribution < -0.4 is 5.32 Å². The number of hydrogen-bond acceptors (Lipinski definition) is 6. The molecule has 1 aliphatic heterocycles. The van der Waals surface area contributed by atoms with Crippen molar-refractivity contribution in [3.63, 3.8) is 0 Å². The van der Waals surface area contributed by atoms with Gasteiger partial charge in [0.05, 0.1) is 17.7 Å². The van der Waals surface area contributed by atoms with E-state index < -0.39 is 10.0 Å². The van der Waals surface area contributed by atoms with Crippen LogP contribution in [-0.2, 0) is 32.7 Å². The van der Waals surface area contributed by atoms with Gasteiger partial charge in [0.25, 0.3) is 0 Å². The topological polar surface area (TPSA) is 106 Å². The van der Waals surface area contributed by atoms with Crippen LogP contribution in [0.15, 0.2) is 33.8 Å². The minimum Gasteiger partial charge on any atom is -0.378 e. The van der Waals surface area contributed by atoms with Gasteiger partial charge in [0.1, 0.15) is 12.2 Å². The SMILES string of the molecule is COCc1cn(CC(=O)Nc2ccc(Br)c(S(=O)(=O)N3CC[C@H](C)C3)c2)nn1. The Labute approximate surface area is 172 Å². The summed E-state index contributed by atoms with van der Waals surface area (Å²) < 4.78 is 34.2. The number of rotatable bonds is 7. The Morgan fingerprint density at radius 1 is 1.43 bits per heavy atom. The number of anilines is 1. The first-order valence-electron chi connectivity index (χ1n) is 8.77. The highest BCUT2D eigenvalue weighted by molar-refractivity contribution is 9.10. The van der Waals surface area contributed by atoms with Gasteiger partial charge < -0.3 is 10.1 Å². The molecule has 1 N–H and O–H groups in total. The molecule has 2 heterocycles. The fourth-order valence-electron chi connectivity index (χ4n) is 3.01. The van der Waals surface area contributed by atoms with Crippen LogP contribution in [0.5, 0.6) is 0 Å². The Morgan fingerprint density at radius 2 is 2.21 bits per heavy atom. The lowest BCUT2D eigenvalue weighted by atomic mass is 10.2. The van der Waals surface area contributed by atoms with Crippen molar-refractivity contribution in [3.05, 3.63) is 34.6 Å². The quantitative estimate of drug-likeness (QED) is 0.660. The van der Waals surface area contributed by atoms with E-state index in [9.17, 15) is 13.2 Å². The zero-order valence-electron chi connectivity index (χ0n) is 15.6. The Balaban J connectivity index is 1.72. The molecule has 1 atom stereocenters. The largest absolute Gasteiger partial charge is 0.378 e. The van der Waals surface area contributed by atoms with Gasteiger partial charge in [-0.25, -0.2) is 13.1 Å². The van der Waals surface area contributed by atoms with Gasteiger partial charge in [0, 0.05) is 30.4 Å². The van der Waals surface area contributed by atoms with E-state index in [1.807, 2.05) is 6.92 Å². The van der Waals surface area contributed by atoms with Gasteiger partial charge in [-0.15, -0.1) is 5.10 Å². The first-order chi connectivity index (χ1) is 13.3. The van der Waals surface area contributed by atoms with Crippen LogP contribution in [0.3, 0.4) is 0 Å². The molecule has 11 heteroatoms. The molecule has 0 unspecified atom stereocenters. The van der Waals surface area contributed by atoms with Crippen molar-refractivity contribution < 1.29 is 17.9 Å². The second-order valence-electron chi connectivity index (χ2n) is 6.79. The standard InChI is InChI=1S/C17H22BrN5O4S/c1-12-5-6-23(8-12)28(25,26)16-7-13(3-4-15(16)18)19-17(24)10-22-9-14(11-27-2)20-21-22/h3-4,7,9,12H,5-6,8,10-11H2,1-2H3,(H,19,24)/t12-/m0/s1. The normalized spacial score (nSPS) is 17.8. The molecule has 152 valence electrons. The van der Waals surface area contributed by atoms with Crippen molar-refractivity contribution in [2.45, 2.75) is 31.4 Å². The Kier molecular flexibility index (Phi) is 6.48. The van der Waals surface area contributed by atoms with E-state index in [0.717, 1.165) is 6.42 Å². The van der Waals surface area contributed by atoms with E-state index in [2.05, 4.69) is 31.6 Å². The van der Waals surface area contributed by atoms with E-state index in [-0.39, 0.29) is 17.3 Å². The van der Waals surface area contributed by atoms with Crippen molar-refractivity contribution in [1.29, 1.82) is 0 Å². The molecule has 1 amide bonds. The van der Waals surface area contributed by atoms with Gasteiger partial charge in [-0.3, -0.25) is 4.79 Å². The van der Waals surface area contributed by atoms with Crippen LogP contribution in [0.25, 0.3) is 0 Å². The minimum absolute atomic E-state index is 0.0432. The van der Waals surface area contributed by atoms with Crippen LogP contribution in [0.2, 0.25) is 0 Å². The highest BCUT2D eigenvalue weighted by Gasteiger charge is 2.32. The molecule has 0 bridgehead atoms. The van der Waals surface area contributed by atoms with E-state index in [4.69, 9.17) is 4.74 Å². The first-order valence-corrected chi connectivity index (χ1v) is 11.0. The Morgan fingerprint density at radius 3 is 2.89 bits per heavy atom. The van der Waals surface area contributed by atoms with Gasteiger partial charge in [0.2, 0.25) is 15.9 Å². The molecule has 1 aromatic carbocycles. The van der Waals surface area contributed by atoms with E-state index in [0.29, 0.717) is 41.5 Å². The summed E-state index contributed by atoms with van der Waals surface area (Å²) in [6.45, 7) is 3.30. The molecule has 2 aromatic rings. The Hall–Kier alpha value is -1.82. The van der Waals surface area contributed by atoms with Crippen LogP contribution in [-0.4, -0.2) is 53.8 Å². The maximum Gasteiger partial charge on any atom is 0.246 e. The summed E-state index contributed by atoms with van der Waals surface area (Å²) in [6, 6.07) is 4.73. The van der Waals surface area contributed by atoms with Gasteiger partial charge in [-0.2, -0.15) is 4.31 Å². The Bertz CT molecular complexity index is 962. The summed E-state index contributed by atoms with van der Waals surface area (Å²) in [5.41, 5.74) is 1.02. The smallest absolute Gasteiger partial charge is 0.246 e. The van der Waals surface area contributed by atoms with Crippen LogP contribution in [0, 0.1) is 5.92 Å². The second-order valence-corrected chi connectivity index (χ2v) is 9.55. The van der Waals surface area contributed by atoms with Gasteiger partial charge in [-0.05, 0) is 46.5 Å². The van der Waals surface area contributed by atoms with Crippen molar-refractivity contribution in [3.8, 4) is 0 Å². The van der Waals surface area contributed by atoms with E-state index >= 15 is 0 Å². The third-order valence-corrected chi connectivity index (χ3v) is 7.26. The minimum atomic E-state index is -3.63. The number of benzene rings is 1. The number of aromatic nitrogens is 3. The lowest BCUT2D eigenvalue weighted by molar-refractivity contribution is -0.116. The summed E-state index contributed by atoms with van der Waals surface area (Å²) >= 11 is 3.31. The van der Waals surface area contributed by atoms with Gasteiger partial charge >= 0.3 is 0 Å². The molecule has 1 saturated heterocycles. The fraction of sp³-hybridized carbons (Fsp3) is 0.471. The maximum atomic E-state index is 12.9. The molecule has 0 saturated carbocycles. The number of sulfonamides is 1. The molecule has 1 aromatic heterocycles. The zero-order chi connectivity index (χ0) is 20.3. The summed E-state index contributed by atoms with van der Waals surface area (Å²) in [7, 11) is -2.08. The summed E-state index contributed by atoms with van der Waals surface area (Å²) in [4.78, 5) is 12.4. The summed E-state index contributed by atoms with van der Waals surface area (Å²) in [5.74, 6) is -0.00329. The molecular weight excluding hydrogens is 450 g/mol. The van der Waals surface area contributed by atoms with E-state index in [1.165, 1.54) is 15.1 Å². The average Bonchev–Trinajstić information content (AvgIpc) is 3.26. The number of carbonyl (C=O) groups is 1. The predicted molar refractivity (Wildman–Crippen MR) is 106 cm³/mol. The second kappa shape index (κ2) is 8.68. The van der Waals surface area contributed by atoms with Gasteiger partial charge in [0.15, 0.2) is 0 Å². The first kappa shape index (κ1) is 20.9. The monoisotopic (exact) mass is 471 g/mol. The highest BCUT2D eigenvalue weighted by Crippen LogP contribution is 2.31. The molecule has 0 spiro atoms. The van der Waals surface area contributed by atoms with Gasteiger partial charge in [-0.1, -0.05) is 12.1 Å². The van der Waals surface area contributed by atoms with E-state index in [1.54, 1.807) is 25.4 Å². The van der Waals surface area contributed by atoms with Crippen LogP contribution in [0.1, 0.15) is 19.0 Å². The molecule has 1 aliphatic rings. The molecule has 0 aliphatic carbocycles. The fourth-order valence-corrected chi connectivity index (χ4v) is 5.53. The average molecular weight is 472 g/mol. The molecule has 3 rings (SSSR count). The lowest BCUT2D eigenvalue weighted by Crippen LogP contribution is -2.29. The van der Waals surface area contributed by atoms with Crippen LogP contribution in [0.4, 0.5) is 5.69 Å². The summed E-state index contributed by atoms with van der Waals surface area (Å²) in [5, 5.41) is 10.5. The number of methoxy groups -OCH3 is 1. The number of nitrogens with zero attached hydrogens (tertiary/aromatic N) is 4. The lowest BCUT2D eigenvalue weighted by Gasteiger charge is -2.18. The third-order valence-electron chi connectivity index (χ3n) is 4.40. The number of ether oxygens (including phenoxy) is 1. The van der Waals surface area contributed by atoms with Crippen molar-refractivity contribution in [2.24, 2.45) is 5.92 Å². The van der Waals surface area contributed by atoms with Crippen molar-refractivity contribution >= 4 is 37.5 Å². The number of hydrogen-bond donors (Lipinski definition) is 1. The molecule has 1 fully saturated rings. The van der Waals surface area contributed by atoms with Crippen LogP contribution >= 0.6 is 15.9 Å². The number of nitrogens with one attached hydrogen (secondary N) is 1. The third kappa shape index (κ3) is 4.77. The number of amides is 1. The summed E-state index contributed by atoms with van der Waals surface area (Å²) in [6.07, 6.45) is 2.46. The molecule has 28 heavy (non-hydrogen) atoms. The maximum absolute atomic E-state index is 12.9.